The van der Waals surface area contributed by atoms with Crippen LogP contribution in [-0.4, -0.2) is 33.8 Å². The summed E-state index contributed by atoms with van der Waals surface area (Å²) in [7, 11) is -2.99. The topological polar surface area (TPSA) is 58.2 Å². The summed E-state index contributed by atoms with van der Waals surface area (Å²) in [5.74, 6) is 0.818. The second-order valence-corrected chi connectivity index (χ2v) is 5.89. The first-order chi connectivity index (χ1) is 6.64. The van der Waals surface area contributed by atoms with Crippen LogP contribution in [0.4, 0.5) is 0 Å². The lowest BCUT2D eigenvalue weighted by atomic mass is 9.96. The molecule has 0 radical (unpaired) electrons. The SMILES string of the molecule is CCS(=O)(=O)NCCC1CCCNC1. The van der Waals surface area contributed by atoms with Gasteiger partial charge in [-0.2, -0.15) is 0 Å². The highest BCUT2D eigenvalue weighted by atomic mass is 32.2. The molecule has 0 spiro atoms. The third-order valence-corrected chi connectivity index (χ3v) is 4.06. The summed E-state index contributed by atoms with van der Waals surface area (Å²) in [5, 5.41) is 3.32. The summed E-state index contributed by atoms with van der Waals surface area (Å²) in [4.78, 5) is 0. The van der Waals surface area contributed by atoms with E-state index in [9.17, 15) is 8.42 Å². The lowest BCUT2D eigenvalue weighted by Crippen LogP contribution is -2.33. The Morgan fingerprint density at radius 3 is 2.86 bits per heavy atom. The minimum atomic E-state index is -2.99. The Morgan fingerprint density at radius 2 is 2.29 bits per heavy atom. The van der Waals surface area contributed by atoms with Crippen molar-refractivity contribution in [2.75, 3.05) is 25.4 Å². The Balaban J connectivity index is 2.14. The van der Waals surface area contributed by atoms with E-state index in [1.54, 1.807) is 6.92 Å². The molecule has 0 amide bonds. The van der Waals surface area contributed by atoms with Crippen LogP contribution in [0.3, 0.4) is 0 Å². The molecule has 1 saturated heterocycles. The predicted octanol–water partition coefficient (Wildman–Crippen LogP) is 0.315. The van der Waals surface area contributed by atoms with Crippen LogP contribution in [0.1, 0.15) is 26.2 Å². The maximum Gasteiger partial charge on any atom is 0.211 e. The van der Waals surface area contributed by atoms with Crippen molar-refractivity contribution in [2.45, 2.75) is 26.2 Å². The van der Waals surface area contributed by atoms with E-state index < -0.39 is 10.0 Å². The molecule has 84 valence electrons. The number of hydrogen-bond donors (Lipinski definition) is 2. The van der Waals surface area contributed by atoms with Crippen LogP contribution in [0.25, 0.3) is 0 Å². The van der Waals surface area contributed by atoms with Crippen LogP contribution in [0.2, 0.25) is 0 Å². The third-order valence-electron chi connectivity index (χ3n) is 2.65. The van der Waals surface area contributed by atoms with E-state index in [0.717, 1.165) is 19.5 Å². The monoisotopic (exact) mass is 220 g/mol. The van der Waals surface area contributed by atoms with Crippen LogP contribution < -0.4 is 10.0 Å². The van der Waals surface area contributed by atoms with Gasteiger partial charge < -0.3 is 5.32 Å². The van der Waals surface area contributed by atoms with Gasteiger partial charge in [0, 0.05) is 6.54 Å². The van der Waals surface area contributed by atoms with Gasteiger partial charge in [-0.25, -0.2) is 13.1 Å². The van der Waals surface area contributed by atoms with Gasteiger partial charge in [-0.15, -0.1) is 0 Å². The van der Waals surface area contributed by atoms with Gasteiger partial charge in [0.2, 0.25) is 10.0 Å². The fourth-order valence-electron chi connectivity index (χ4n) is 1.69. The lowest BCUT2D eigenvalue weighted by Gasteiger charge is -2.22. The zero-order valence-corrected chi connectivity index (χ0v) is 9.57. The van der Waals surface area contributed by atoms with Crippen LogP contribution >= 0.6 is 0 Å². The van der Waals surface area contributed by atoms with Crippen molar-refractivity contribution in [3.05, 3.63) is 0 Å². The lowest BCUT2D eigenvalue weighted by molar-refractivity contribution is 0.358. The Kier molecular flexibility index (Phi) is 4.84. The standard InChI is InChI=1S/C9H20N2O2S/c1-2-14(12,13)11-7-5-9-4-3-6-10-8-9/h9-11H,2-8H2,1H3. The molecule has 1 unspecified atom stereocenters. The molecule has 2 N–H and O–H groups in total. The largest absolute Gasteiger partial charge is 0.316 e. The average molecular weight is 220 g/mol. The molecule has 1 rings (SSSR count). The molecule has 0 aromatic rings. The average Bonchev–Trinajstić information content (AvgIpc) is 2.19. The van der Waals surface area contributed by atoms with E-state index >= 15 is 0 Å². The molecule has 0 bridgehead atoms. The van der Waals surface area contributed by atoms with Crippen LogP contribution in [0.15, 0.2) is 0 Å². The minimum absolute atomic E-state index is 0.177. The summed E-state index contributed by atoms with van der Waals surface area (Å²) in [5.41, 5.74) is 0. The third kappa shape index (κ3) is 4.39. The number of rotatable bonds is 5. The molecule has 1 heterocycles. The molecule has 0 aliphatic carbocycles. The first kappa shape index (κ1) is 11.9. The number of piperidine rings is 1. The first-order valence-corrected chi connectivity index (χ1v) is 6.97. The van der Waals surface area contributed by atoms with Gasteiger partial charge >= 0.3 is 0 Å². The molecule has 1 aliphatic heterocycles. The molecule has 0 saturated carbocycles. The van der Waals surface area contributed by atoms with Gasteiger partial charge in [0.15, 0.2) is 0 Å². The molecule has 0 aromatic heterocycles. The smallest absolute Gasteiger partial charge is 0.211 e. The molecular formula is C9H20N2O2S. The van der Waals surface area contributed by atoms with Crippen LogP contribution in [0.5, 0.6) is 0 Å². The quantitative estimate of drug-likeness (QED) is 0.701. The fourth-order valence-corrected chi connectivity index (χ4v) is 2.32. The molecule has 1 atom stereocenters. The molecule has 4 nitrogen and oxygen atoms in total. The van der Waals surface area contributed by atoms with Gasteiger partial charge in [0.25, 0.3) is 0 Å². The Labute approximate surface area is 86.5 Å². The Bertz CT molecular complexity index is 246. The first-order valence-electron chi connectivity index (χ1n) is 5.32. The maximum atomic E-state index is 11.1. The van der Waals surface area contributed by atoms with E-state index in [1.807, 2.05) is 0 Å². The Hall–Kier alpha value is -0.130. The number of nitrogens with one attached hydrogen (secondary N) is 2. The minimum Gasteiger partial charge on any atom is -0.316 e. The van der Waals surface area contributed by atoms with Crippen molar-refractivity contribution in [2.24, 2.45) is 5.92 Å². The predicted molar refractivity (Wildman–Crippen MR) is 57.7 cm³/mol. The molecule has 1 aliphatic rings. The second-order valence-electron chi connectivity index (χ2n) is 3.80. The molecule has 1 fully saturated rings. The highest BCUT2D eigenvalue weighted by molar-refractivity contribution is 7.89. The van der Waals surface area contributed by atoms with Crippen molar-refractivity contribution in [1.82, 2.24) is 10.0 Å². The van der Waals surface area contributed by atoms with Gasteiger partial charge in [0.05, 0.1) is 5.75 Å². The summed E-state index contributed by atoms with van der Waals surface area (Å²) in [6, 6.07) is 0. The van der Waals surface area contributed by atoms with Crippen molar-refractivity contribution >= 4 is 10.0 Å². The van der Waals surface area contributed by atoms with Crippen molar-refractivity contribution in [3.63, 3.8) is 0 Å². The van der Waals surface area contributed by atoms with Crippen LogP contribution in [0, 0.1) is 5.92 Å². The van der Waals surface area contributed by atoms with Crippen molar-refractivity contribution in [3.8, 4) is 0 Å². The van der Waals surface area contributed by atoms with E-state index in [2.05, 4.69) is 10.0 Å². The zero-order valence-electron chi connectivity index (χ0n) is 8.75. The highest BCUT2D eigenvalue weighted by Crippen LogP contribution is 2.12. The van der Waals surface area contributed by atoms with Gasteiger partial charge in [-0.1, -0.05) is 0 Å². The summed E-state index contributed by atoms with van der Waals surface area (Å²) >= 11 is 0. The van der Waals surface area contributed by atoms with Crippen molar-refractivity contribution in [1.29, 1.82) is 0 Å². The van der Waals surface area contributed by atoms with Gasteiger partial charge in [0.1, 0.15) is 0 Å². The number of hydrogen-bond acceptors (Lipinski definition) is 3. The fraction of sp³-hybridized carbons (Fsp3) is 1.00. The summed E-state index contributed by atoms with van der Waals surface area (Å²) in [6.07, 6.45) is 3.39. The zero-order chi connectivity index (χ0) is 10.4. The van der Waals surface area contributed by atoms with Gasteiger partial charge in [-0.05, 0) is 45.2 Å². The Morgan fingerprint density at radius 1 is 1.50 bits per heavy atom. The molecule has 5 heteroatoms. The van der Waals surface area contributed by atoms with Crippen molar-refractivity contribution < 1.29 is 8.42 Å². The van der Waals surface area contributed by atoms with Gasteiger partial charge in [-0.3, -0.25) is 0 Å². The number of sulfonamides is 1. The van der Waals surface area contributed by atoms with E-state index in [0.29, 0.717) is 12.5 Å². The highest BCUT2D eigenvalue weighted by Gasteiger charge is 2.13. The molecule has 14 heavy (non-hydrogen) atoms. The van der Waals surface area contributed by atoms with E-state index in [1.165, 1.54) is 12.8 Å². The van der Waals surface area contributed by atoms with Crippen LogP contribution in [-0.2, 0) is 10.0 Å². The summed E-state index contributed by atoms with van der Waals surface area (Å²) in [6.45, 7) is 4.39. The molecular weight excluding hydrogens is 200 g/mol. The second kappa shape index (κ2) is 5.68. The van der Waals surface area contributed by atoms with E-state index in [4.69, 9.17) is 0 Å². The van der Waals surface area contributed by atoms with E-state index in [-0.39, 0.29) is 5.75 Å². The maximum absolute atomic E-state index is 11.1. The normalized spacial score (nSPS) is 23.6. The summed E-state index contributed by atoms with van der Waals surface area (Å²) < 4.78 is 24.8. The molecule has 0 aromatic carbocycles.